The number of hydrogen-bond acceptors (Lipinski definition) is 2. The zero-order valence-electron chi connectivity index (χ0n) is 12.6. The second-order valence-electron chi connectivity index (χ2n) is 6.18. The number of hydrogen-bond donors (Lipinski definition) is 1. The van der Waals surface area contributed by atoms with Gasteiger partial charge in [-0.25, -0.2) is 4.39 Å². The van der Waals surface area contributed by atoms with E-state index < -0.39 is 0 Å². The van der Waals surface area contributed by atoms with Crippen LogP contribution in [0.25, 0.3) is 0 Å². The quantitative estimate of drug-likeness (QED) is 0.914. The fraction of sp³-hybridized carbons (Fsp3) is 0.647. The average Bonchev–Trinajstić information content (AvgIpc) is 2.50. The second kappa shape index (κ2) is 8.11. The van der Waals surface area contributed by atoms with Gasteiger partial charge in [-0.05, 0) is 36.5 Å². The van der Waals surface area contributed by atoms with Crippen molar-refractivity contribution in [2.45, 2.75) is 38.1 Å². The Kier molecular flexibility index (Phi) is 6.46. The molecule has 2 nitrogen and oxygen atoms in total. The molecule has 1 aliphatic heterocycles. The van der Waals surface area contributed by atoms with Crippen molar-refractivity contribution in [3.8, 4) is 0 Å². The van der Waals surface area contributed by atoms with Crippen LogP contribution in [0.3, 0.4) is 0 Å². The Hall–Kier alpha value is -0.640. The first-order chi connectivity index (χ1) is 9.84. The topological polar surface area (TPSA) is 15.3 Å². The Morgan fingerprint density at radius 1 is 1.10 bits per heavy atom. The van der Waals surface area contributed by atoms with Crippen LogP contribution in [0.2, 0.25) is 0 Å². The van der Waals surface area contributed by atoms with E-state index in [0.29, 0.717) is 12.0 Å². The molecule has 118 valence electrons. The molecule has 0 spiro atoms. The molecule has 0 unspecified atom stereocenters. The summed E-state index contributed by atoms with van der Waals surface area (Å²) >= 11 is 0. The summed E-state index contributed by atoms with van der Waals surface area (Å²) in [6.07, 6.45) is 6.63. The van der Waals surface area contributed by atoms with E-state index in [9.17, 15) is 4.39 Å². The van der Waals surface area contributed by atoms with Gasteiger partial charge in [0.25, 0.3) is 0 Å². The summed E-state index contributed by atoms with van der Waals surface area (Å²) in [7, 11) is 0. The molecule has 1 N–H and O–H groups in total. The van der Waals surface area contributed by atoms with E-state index in [0.717, 1.165) is 26.2 Å². The molecule has 0 radical (unpaired) electrons. The van der Waals surface area contributed by atoms with Crippen LogP contribution in [0.5, 0.6) is 0 Å². The molecule has 1 saturated heterocycles. The lowest BCUT2D eigenvalue weighted by Crippen LogP contribution is -2.47. The largest absolute Gasteiger partial charge is 0.314 e. The lowest BCUT2D eigenvalue weighted by Gasteiger charge is -2.41. The number of nitrogens with zero attached hydrogens (tertiary/aromatic N) is 1. The van der Waals surface area contributed by atoms with E-state index in [1.54, 1.807) is 12.1 Å². The van der Waals surface area contributed by atoms with Gasteiger partial charge in [-0.2, -0.15) is 0 Å². The molecule has 4 heteroatoms. The summed E-state index contributed by atoms with van der Waals surface area (Å²) in [6, 6.07) is 7.70. The summed E-state index contributed by atoms with van der Waals surface area (Å²) < 4.78 is 13.6. The minimum Gasteiger partial charge on any atom is -0.314 e. The Morgan fingerprint density at radius 2 is 1.81 bits per heavy atom. The van der Waals surface area contributed by atoms with Gasteiger partial charge in [-0.3, -0.25) is 4.90 Å². The maximum Gasteiger partial charge on any atom is 0.123 e. The Labute approximate surface area is 133 Å². The van der Waals surface area contributed by atoms with Gasteiger partial charge in [0.05, 0.1) is 0 Å². The van der Waals surface area contributed by atoms with Gasteiger partial charge >= 0.3 is 0 Å². The van der Waals surface area contributed by atoms with Gasteiger partial charge in [-0.1, -0.05) is 31.4 Å². The van der Waals surface area contributed by atoms with E-state index in [4.69, 9.17) is 0 Å². The standard InChI is InChI=1S/C17H25FN2.ClH/c18-16-8-4-7-15(13-16)17(14-5-2-1-3-6-14)20-11-9-19-10-12-20;/h4,7-8,13-14,17,19H,1-3,5-6,9-12H2;1H/t17-;/m1./s1. The zero-order chi connectivity index (χ0) is 13.8. The molecular weight excluding hydrogens is 287 g/mol. The molecule has 2 fully saturated rings. The summed E-state index contributed by atoms with van der Waals surface area (Å²) in [6.45, 7) is 4.27. The maximum absolute atomic E-state index is 13.6. The number of nitrogens with one attached hydrogen (secondary N) is 1. The van der Waals surface area contributed by atoms with Gasteiger partial charge in [0.15, 0.2) is 0 Å². The predicted molar refractivity (Wildman–Crippen MR) is 87.4 cm³/mol. The van der Waals surface area contributed by atoms with E-state index in [1.165, 1.54) is 37.7 Å². The first-order valence-corrected chi connectivity index (χ1v) is 8.05. The van der Waals surface area contributed by atoms with Crippen molar-refractivity contribution in [1.82, 2.24) is 10.2 Å². The fourth-order valence-corrected chi connectivity index (χ4v) is 3.88. The Morgan fingerprint density at radius 3 is 2.48 bits per heavy atom. The lowest BCUT2D eigenvalue weighted by molar-refractivity contribution is 0.103. The first kappa shape index (κ1) is 16.7. The fourth-order valence-electron chi connectivity index (χ4n) is 3.88. The van der Waals surface area contributed by atoms with Crippen molar-refractivity contribution >= 4 is 12.4 Å². The van der Waals surface area contributed by atoms with E-state index in [1.807, 2.05) is 6.07 Å². The molecule has 21 heavy (non-hydrogen) atoms. The third-order valence-electron chi connectivity index (χ3n) is 4.83. The van der Waals surface area contributed by atoms with Gasteiger partial charge in [-0.15, -0.1) is 12.4 Å². The SMILES string of the molecule is Cl.Fc1cccc([C@@H](C2CCCCC2)N2CCNCC2)c1. The molecule has 1 heterocycles. The van der Waals surface area contributed by atoms with Crippen LogP contribution in [0.1, 0.15) is 43.7 Å². The lowest BCUT2D eigenvalue weighted by atomic mass is 9.80. The first-order valence-electron chi connectivity index (χ1n) is 8.05. The van der Waals surface area contributed by atoms with Crippen LogP contribution in [-0.2, 0) is 0 Å². The monoisotopic (exact) mass is 312 g/mol. The highest BCUT2D eigenvalue weighted by Gasteiger charge is 2.30. The molecule has 1 aromatic carbocycles. The molecule has 1 saturated carbocycles. The minimum atomic E-state index is -0.0987. The highest BCUT2D eigenvalue weighted by molar-refractivity contribution is 5.85. The van der Waals surface area contributed by atoms with Gasteiger partial charge in [0.2, 0.25) is 0 Å². The predicted octanol–water partition coefficient (Wildman–Crippen LogP) is 3.77. The Balaban J connectivity index is 0.00000161. The minimum absolute atomic E-state index is 0. The van der Waals surface area contributed by atoms with Gasteiger partial charge < -0.3 is 5.32 Å². The smallest absolute Gasteiger partial charge is 0.123 e. The number of benzene rings is 1. The van der Waals surface area contributed by atoms with Gasteiger partial charge in [0.1, 0.15) is 5.82 Å². The van der Waals surface area contributed by atoms with Crippen LogP contribution in [0.15, 0.2) is 24.3 Å². The van der Waals surface area contributed by atoms with E-state index in [2.05, 4.69) is 16.3 Å². The van der Waals surface area contributed by atoms with Crippen LogP contribution in [0.4, 0.5) is 4.39 Å². The molecular formula is C17H26ClFN2. The summed E-state index contributed by atoms with van der Waals surface area (Å²) in [5, 5.41) is 3.42. The van der Waals surface area contributed by atoms with Crippen molar-refractivity contribution in [2.24, 2.45) is 5.92 Å². The van der Waals surface area contributed by atoms with Crippen molar-refractivity contribution in [1.29, 1.82) is 0 Å². The highest BCUT2D eigenvalue weighted by atomic mass is 35.5. The van der Waals surface area contributed by atoms with Crippen molar-refractivity contribution in [3.05, 3.63) is 35.6 Å². The number of rotatable bonds is 3. The Bertz CT molecular complexity index is 411. The summed E-state index contributed by atoms with van der Waals surface area (Å²) in [4.78, 5) is 2.57. The van der Waals surface area contributed by atoms with E-state index in [-0.39, 0.29) is 18.2 Å². The average molecular weight is 313 g/mol. The van der Waals surface area contributed by atoms with Crippen LogP contribution in [0, 0.1) is 11.7 Å². The zero-order valence-corrected chi connectivity index (χ0v) is 13.4. The van der Waals surface area contributed by atoms with Crippen LogP contribution in [-0.4, -0.2) is 31.1 Å². The maximum atomic E-state index is 13.6. The highest BCUT2D eigenvalue weighted by Crippen LogP contribution is 2.38. The molecule has 1 aliphatic carbocycles. The molecule has 1 aromatic rings. The summed E-state index contributed by atoms with van der Waals surface area (Å²) in [5.74, 6) is 0.599. The number of halogens is 2. The number of piperazine rings is 1. The molecule has 0 amide bonds. The molecule has 0 bridgehead atoms. The molecule has 1 atom stereocenters. The summed E-state index contributed by atoms with van der Waals surface area (Å²) in [5.41, 5.74) is 1.18. The van der Waals surface area contributed by atoms with E-state index >= 15 is 0 Å². The molecule has 3 rings (SSSR count). The second-order valence-corrected chi connectivity index (χ2v) is 6.18. The van der Waals surface area contributed by atoms with Gasteiger partial charge in [0, 0.05) is 32.2 Å². The van der Waals surface area contributed by atoms with Crippen LogP contribution >= 0.6 is 12.4 Å². The molecule has 2 aliphatic rings. The van der Waals surface area contributed by atoms with Crippen molar-refractivity contribution < 1.29 is 4.39 Å². The third-order valence-corrected chi connectivity index (χ3v) is 4.83. The van der Waals surface area contributed by atoms with Crippen molar-refractivity contribution in [2.75, 3.05) is 26.2 Å². The molecule has 0 aromatic heterocycles. The van der Waals surface area contributed by atoms with Crippen LogP contribution < -0.4 is 5.32 Å². The third kappa shape index (κ3) is 4.18. The normalized spacial score (nSPS) is 22.5. The van der Waals surface area contributed by atoms with Crippen molar-refractivity contribution in [3.63, 3.8) is 0 Å².